The number of hydrogen-bond donors (Lipinski definition) is 3. The van der Waals surface area contributed by atoms with Crippen molar-refractivity contribution < 1.29 is 23.9 Å². The predicted molar refractivity (Wildman–Crippen MR) is 97.8 cm³/mol. The van der Waals surface area contributed by atoms with Crippen molar-refractivity contribution in [1.82, 2.24) is 15.5 Å². The summed E-state index contributed by atoms with van der Waals surface area (Å²) in [6.45, 7) is 0.273. The van der Waals surface area contributed by atoms with E-state index in [-0.39, 0.29) is 24.4 Å². The number of benzene rings is 1. The highest BCUT2D eigenvalue weighted by Gasteiger charge is 2.28. The molecule has 0 aliphatic carbocycles. The average Bonchev–Trinajstić information content (AvgIpc) is 2.71. The lowest BCUT2D eigenvalue weighted by atomic mass is 9.97. The van der Waals surface area contributed by atoms with Crippen LogP contribution in [-0.2, 0) is 19.1 Å². The first-order valence-electron chi connectivity index (χ1n) is 8.74. The summed E-state index contributed by atoms with van der Waals surface area (Å²) >= 11 is 0. The van der Waals surface area contributed by atoms with Crippen LogP contribution in [-0.4, -0.2) is 62.0 Å². The number of para-hydroxylation sites is 1. The van der Waals surface area contributed by atoms with E-state index < -0.39 is 18.5 Å². The van der Waals surface area contributed by atoms with Crippen LogP contribution >= 0.6 is 0 Å². The SMILES string of the molecule is CNC(=O)CNC(=O)COC(=O)C1CCN(C(=O)Nc2ccccc2)CC1. The first-order valence-corrected chi connectivity index (χ1v) is 8.74. The Morgan fingerprint density at radius 2 is 1.74 bits per heavy atom. The van der Waals surface area contributed by atoms with Gasteiger partial charge in [0.1, 0.15) is 0 Å². The number of urea groups is 1. The van der Waals surface area contributed by atoms with Crippen LogP contribution in [0.2, 0.25) is 0 Å². The van der Waals surface area contributed by atoms with Crippen molar-refractivity contribution in [2.24, 2.45) is 5.92 Å². The minimum atomic E-state index is -0.536. The summed E-state index contributed by atoms with van der Waals surface area (Å²) in [6, 6.07) is 8.94. The quantitative estimate of drug-likeness (QED) is 0.619. The van der Waals surface area contributed by atoms with E-state index in [9.17, 15) is 19.2 Å². The summed E-state index contributed by atoms with van der Waals surface area (Å²) in [5.41, 5.74) is 0.715. The Labute approximate surface area is 157 Å². The van der Waals surface area contributed by atoms with Crippen molar-refractivity contribution in [2.45, 2.75) is 12.8 Å². The maximum Gasteiger partial charge on any atom is 0.321 e. The standard InChI is InChI=1S/C18H24N4O5/c1-19-15(23)11-20-16(24)12-27-17(25)13-7-9-22(10-8-13)18(26)21-14-5-3-2-4-6-14/h2-6,13H,7-12H2,1H3,(H,19,23)(H,20,24)(H,21,26). The molecule has 1 heterocycles. The van der Waals surface area contributed by atoms with Gasteiger partial charge in [-0.05, 0) is 25.0 Å². The largest absolute Gasteiger partial charge is 0.455 e. The molecule has 1 aromatic rings. The second kappa shape index (κ2) is 10.1. The average molecular weight is 376 g/mol. The number of likely N-dealkylation sites (tertiary alicyclic amines) is 1. The van der Waals surface area contributed by atoms with Crippen LogP contribution in [0, 0.1) is 5.92 Å². The summed E-state index contributed by atoms with van der Waals surface area (Å²) in [7, 11) is 1.46. The van der Waals surface area contributed by atoms with Gasteiger partial charge in [-0.3, -0.25) is 14.4 Å². The Hall–Kier alpha value is -3.10. The van der Waals surface area contributed by atoms with Crippen molar-refractivity contribution in [1.29, 1.82) is 0 Å². The molecule has 1 fully saturated rings. The highest BCUT2D eigenvalue weighted by Crippen LogP contribution is 2.19. The van der Waals surface area contributed by atoms with E-state index in [1.807, 2.05) is 18.2 Å². The van der Waals surface area contributed by atoms with E-state index in [0.29, 0.717) is 31.6 Å². The molecule has 1 aliphatic rings. The number of likely N-dealkylation sites (N-methyl/N-ethyl adjacent to an activating group) is 1. The maximum atomic E-state index is 12.2. The van der Waals surface area contributed by atoms with Gasteiger partial charge in [0.25, 0.3) is 5.91 Å². The monoisotopic (exact) mass is 376 g/mol. The highest BCUT2D eigenvalue weighted by molar-refractivity contribution is 5.89. The number of hydrogen-bond acceptors (Lipinski definition) is 5. The van der Waals surface area contributed by atoms with Gasteiger partial charge in [0, 0.05) is 25.8 Å². The van der Waals surface area contributed by atoms with Gasteiger partial charge in [0.05, 0.1) is 12.5 Å². The lowest BCUT2D eigenvalue weighted by molar-refractivity contribution is -0.153. The minimum absolute atomic E-state index is 0.165. The van der Waals surface area contributed by atoms with Crippen LogP contribution in [0.3, 0.4) is 0 Å². The molecule has 0 saturated carbocycles. The number of piperidine rings is 1. The van der Waals surface area contributed by atoms with Crippen LogP contribution in [0.1, 0.15) is 12.8 Å². The molecule has 9 heteroatoms. The number of carbonyl (C=O) groups excluding carboxylic acids is 4. The first-order chi connectivity index (χ1) is 13.0. The van der Waals surface area contributed by atoms with Crippen molar-refractivity contribution in [3.63, 3.8) is 0 Å². The number of nitrogens with one attached hydrogen (secondary N) is 3. The Morgan fingerprint density at radius 3 is 2.37 bits per heavy atom. The summed E-state index contributed by atoms with van der Waals surface area (Å²) in [5.74, 6) is -1.69. The topological polar surface area (TPSA) is 117 Å². The molecular weight excluding hydrogens is 352 g/mol. The van der Waals surface area contributed by atoms with Crippen LogP contribution in [0.5, 0.6) is 0 Å². The van der Waals surface area contributed by atoms with Gasteiger partial charge in [-0.2, -0.15) is 0 Å². The molecule has 1 aliphatic heterocycles. The van der Waals surface area contributed by atoms with Crippen LogP contribution in [0.25, 0.3) is 0 Å². The lowest BCUT2D eigenvalue weighted by Crippen LogP contribution is -2.43. The van der Waals surface area contributed by atoms with Crippen LogP contribution in [0.4, 0.5) is 10.5 Å². The smallest absolute Gasteiger partial charge is 0.321 e. The molecule has 4 amide bonds. The first kappa shape index (κ1) is 20.2. The zero-order valence-corrected chi connectivity index (χ0v) is 15.2. The molecule has 2 rings (SSSR count). The summed E-state index contributed by atoms with van der Waals surface area (Å²) in [6.07, 6.45) is 0.946. The van der Waals surface area contributed by atoms with Gasteiger partial charge in [0.2, 0.25) is 5.91 Å². The van der Waals surface area contributed by atoms with Crippen molar-refractivity contribution in [3.8, 4) is 0 Å². The molecule has 3 N–H and O–H groups in total. The number of amides is 4. The zero-order chi connectivity index (χ0) is 19.6. The minimum Gasteiger partial charge on any atom is -0.455 e. The van der Waals surface area contributed by atoms with Gasteiger partial charge in [0.15, 0.2) is 6.61 Å². The van der Waals surface area contributed by atoms with E-state index >= 15 is 0 Å². The third-order valence-electron chi connectivity index (χ3n) is 4.21. The molecule has 0 aromatic heterocycles. The predicted octanol–water partition coefficient (Wildman–Crippen LogP) is 0.336. The van der Waals surface area contributed by atoms with E-state index in [1.54, 1.807) is 17.0 Å². The Morgan fingerprint density at radius 1 is 1.07 bits per heavy atom. The molecular formula is C18H24N4O5. The van der Waals surface area contributed by atoms with Gasteiger partial charge in [-0.1, -0.05) is 18.2 Å². The Kier molecular flexibility index (Phi) is 7.60. The van der Waals surface area contributed by atoms with E-state index in [0.717, 1.165) is 0 Å². The van der Waals surface area contributed by atoms with Crippen LogP contribution in [0.15, 0.2) is 30.3 Å². The van der Waals surface area contributed by atoms with E-state index in [1.165, 1.54) is 7.05 Å². The Bertz CT molecular complexity index is 672. The molecule has 1 saturated heterocycles. The number of rotatable bonds is 6. The maximum absolute atomic E-state index is 12.2. The Balaban J connectivity index is 1.68. The molecule has 1 aromatic carbocycles. The van der Waals surface area contributed by atoms with Crippen molar-refractivity contribution >= 4 is 29.5 Å². The molecule has 27 heavy (non-hydrogen) atoms. The summed E-state index contributed by atoms with van der Waals surface area (Å²) < 4.78 is 5.00. The molecule has 146 valence electrons. The van der Waals surface area contributed by atoms with Gasteiger partial charge >= 0.3 is 12.0 Å². The lowest BCUT2D eigenvalue weighted by Gasteiger charge is -2.30. The third kappa shape index (κ3) is 6.61. The van der Waals surface area contributed by atoms with E-state index in [2.05, 4.69) is 16.0 Å². The zero-order valence-electron chi connectivity index (χ0n) is 15.2. The molecule has 0 unspecified atom stereocenters. The fourth-order valence-corrected chi connectivity index (χ4v) is 2.62. The number of ether oxygens (including phenoxy) is 1. The van der Waals surface area contributed by atoms with Crippen LogP contribution < -0.4 is 16.0 Å². The fourth-order valence-electron chi connectivity index (χ4n) is 2.62. The van der Waals surface area contributed by atoms with Crippen molar-refractivity contribution in [2.75, 3.05) is 38.6 Å². The highest BCUT2D eigenvalue weighted by atomic mass is 16.5. The number of nitrogens with zero attached hydrogens (tertiary/aromatic N) is 1. The van der Waals surface area contributed by atoms with Crippen molar-refractivity contribution in [3.05, 3.63) is 30.3 Å². The molecule has 0 radical (unpaired) electrons. The molecule has 0 bridgehead atoms. The summed E-state index contributed by atoms with van der Waals surface area (Å²) in [4.78, 5) is 48.5. The molecule has 0 spiro atoms. The van der Waals surface area contributed by atoms with Gasteiger partial charge in [-0.15, -0.1) is 0 Å². The molecule has 9 nitrogen and oxygen atoms in total. The molecule has 0 atom stereocenters. The number of esters is 1. The number of anilines is 1. The van der Waals surface area contributed by atoms with Gasteiger partial charge < -0.3 is 25.6 Å². The normalized spacial score (nSPS) is 14.2. The summed E-state index contributed by atoms with van der Waals surface area (Å²) in [5, 5.41) is 7.52. The fraction of sp³-hybridized carbons (Fsp3) is 0.444. The number of carbonyl (C=O) groups is 4. The second-order valence-electron chi connectivity index (χ2n) is 6.12. The van der Waals surface area contributed by atoms with Gasteiger partial charge in [-0.25, -0.2) is 4.79 Å². The second-order valence-corrected chi connectivity index (χ2v) is 6.12. The van der Waals surface area contributed by atoms with E-state index in [4.69, 9.17) is 4.74 Å². The third-order valence-corrected chi connectivity index (χ3v) is 4.21.